The first-order valence-electron chi connectivity index (χ1n) is 5.70. The van der Waals surface area contributed by atoms with E-state index < -0.39 is 6.04 Å². The molecule has 1 rings (SSSR count). The van der Waals surface area contributed by atoms with Gasteiger partial charge in [-0.05, 0) is 36.1 Å². The number of aryl methyl sites for hydroxylation is 1. The van der Waals surface area contributed by atoms with Crippen LogP contribution in [0.3, 0.4) is 0 Å². The molecule has 1 amide bonds. The van der Waals surface area contributed by atoms with Crippen molar-refractivity contribution in [3.05, 3.63) is 33.8 Å². The number of hydrogen-bond acceptors (Lipinski definition) is 2. The molecule has 0 radical (unpaired) electrons. The maximum atomic E-state index is 11.7. The number of benzene rings is 1. The summed E-state index contributed by atoms with van der Waals surface area (Å²) >= 11 is 3.41. The molecule has 0 unspecified atom stereocenters. The van der Waals surface area contributed by atoms with E-state index in [0.29, 0.717) is 6.54 Å². The van der Waals surface area contributed by atoms with Crippen LogP contribution in [0, 0.1) is 12.8 Å². The van der Waals surface area contributed by atoms with Gasteiger partial charge in [0.1, 0.15) is 0 Å². The largest absolute Gasteiger partial charge is 0.351 e. The lowest BCUT2D eigenvalue weighted by Gasteiger charge is -2.16. The molecular formula is C13H19BrN2O. The van der Waals surface area contributed by atoms with Crippen LogP contribution in [0.15, 0.2) is 22.7 Å². The van der Waals surface area contributed by atoms with Crippen molar-refractivity contribution in [1.29, 1.82) is 0 Å². The highest BCUT2D eigenvalue weighted by molar-refractivity contribution is 9.10. The van der Waals surface area contributed by atoms with E-state index in [4.69, 9.17) is 5.73 Å². The van der Waals surface area contributed by atoms with Gasteiger partial charge in [0.2, 0.25) is 5.91 Å². The van der Waals surface area contributed by atoms with Crippen LogP contribution in [0.4, 0.5) is 0 Å². The summed E-state index contributed by atoms with van der Waals surface area (Å²) in [4.78, 5) is 11.7. The van der Waals surface area contributed by atoms with Gasteiger partial charge in [0.25, 0.3) is 0 Å². The molecule has 4 heteroatoms. The van der Waals surface area contributed by atoms with Crippen LogP contribution in [0.1, 0.15) is 25.0 Å². The maximum Gasteiger partial charge on any atom is 0.237 e. The van der Waals surface area contributed by atoms with Gasteiger partial charge in [-0.15, -0.1) is 0 Å². The van der Waals surface area contributed by atoms with Gasteiger partial charge >= 0.3 is 0 Å². The summed E-state index contributed by atoms with van der Waals surface area (Å²) in [6, 6.07) is 5.56. The fraction of sp³-hybridized carbons (Fsp3) is 0.462. The van der Waals surface area contributed by atoms with Crippen molar-refractivity contribution in [2.75, 3.05) is 0 Å². The number of rotatable bonds is 4. The summed E-state index contributed by atoms with van der Waals surface area (Å²) in [5.41, 5.74) is 8.03. The van der Waals surface area contributed by atoms with Crippen LogP contribution in [0.2, 0.25) is 0 Å². The fourth-order valence-corrected chi connectivity index (χ4v) is 1.94. The van der Waals surface area contributed by atoms with Gasteiger partial charge in [0, 0.05) is 11.0 Å². The van der Waals surface area contributed by atoms with Crippen LogP contribution in [0.5, 0.6) is 0 Å². The Morgan fingerprint density at radius 3 is 2.65 bits per heavy atom. The van der Waals surface area contributed by atoms with Gasteiger partial charge in [-0.1, -0.05) is 35.8 Å². The zero-order chi connectivity index (χ0) is 13.0. The third-order valence-corrected chi connectivity index (χ3v) is 3.27. The van der Waals surface area contributed by atoms with Gasteiger partial charge < -0.3 is 11.1 Å². The van der Waals surface area contributed by atoms with Gasteiger partial charge in [0.05, 0.1) is 6.04 Å². The average molecular weight is 299 g/mol. The molecular weight excluding hydrogens is 280 g/mol. The van der Waals surface area contributed by atoms with Crippen LogP contribution >= 0.6 is 15.9 Å². The van der Waals surface area contributed by atoms with Crippen LogP contribution in [0.25, 0.3) is 0 Å². The summed E-state index contributed by atoms with van der Waals surface area (Å²) in [6.07, 6.45) is 0. The van der Waals surface area contributed by atoms with Gasteiger partial charge in [0.15, 0.2) is 0 Å². The number of carbonyl (C=O) groups is 1. The minimum Gasteiger partial charge on any atom is -0.351 e. The molecule has 3 nitrogen and oxygen atoms in total. The predicted molar refractivity (Wildman–Crippen MR) is 73.5 cm³/mol. The Bertz CT molecular complexity index is 404. The van der Waals surface area contributed by atoms with E-state index in [2.05, 4.69) is 21.2 Å². The van der Waals surface area contributed by atoms with Crippen molar-refractivity contribution in [1.82, 2.24) is 5.32 Å². The molecule has 94 valence electrons. The van der Waals surface area contributed by atoms with E-state index in [1.807, 2.05) is 39.0 Å². The molecule has 0 aliphatic heterocycles. The second-order valence-corrected chi connectivity index (χ2v) is 5.47. The highest BCUT2D eigenvalue weighted by Gasteiger charge is 2.16. The molecule has 0 saturated carbocycles. The number of carbonyl (C=O) groups excluding carboxylic acids is 1. The zero-order valence-corrected chi connectivity index (χ0v) is 12.0. The molecule has 1 aromatic carbocycles. The molecule has 0 fully saturated rings. The highest BCUT2D eigenvalue weighted by atomic mass is 79.9. The summed E-state index contributed by atoms with van der Waals surface area (Å²) in [7, 11) is 0. The van der Waals surface area contributed by atoms with Gasteiger partial charge in [-0.3, -0.25) is 4.79 Å². The Kier molecular flexibility index (Phi) is 5.15. The summed E-state index contributed by atoms with van der Waals surface area (Å²) in [5, 5.41) is 2.86. The second-order valence-electron chi connectivity index (χ2n) is 4.56. The molecule has 0 saturated heterocycles. The van der Waals surface area contributed by atoms with Gasteiger partial charge in [-0.2, -0.15) is 0 Å². The normalized spacial score (nSPS) is 12.6. The molecule has 0 aromatic heterocycles. The first-order valence-corrected chi connectivity index (χ1v) is 6.49. The third-order valence-electron chi connectivity index (χ3n) is 2.78. The van der Waals surface area contributed by atoms with E-state index in [9.17, 15) is 4.79 Å². The van der Waals surface area contributed by atoms with Crippen molar-refractivity contribution in [3.63, 3.8) is 0 Å². The SMILES string of the molecule is Cc1cc(Br)ccc1CNC(=O)[C@@H](N)C(C)C. The fourth-order valence-electron chi connectivity index (χ4n) is 1.46. The van der Waals surface area contributed by atoms with Crippen molar-refractivity contribution in [2.45, 2.75) is 33.4 Å². The number of hydrogen-bond donors (Lipinski definition) is 2. The van der Waals surface area contributed by atoms with E-state index >= 15 is 0 Å². The maximum absolute atomic E-state index is 11.7. The van der Waals surface area contributed by atoms with Gasteiger partial charge in [-0.25, -0.2) is 0 Å². The van der Waals surface area contributed by atoms with E-state index in [-0.39, 0.29) is 11.8 Å². The topological polar surface area (TPSA) is 55.1 Å². The first kappa shape index (κ1) is 14.2. The summed E-state index contributed by atoms with van der Waals surface area (Å²) in [6.45, 7) is 6.43. The summed E-state index contributed by atoms with van der Waals surface area (Å²) < 4.78 is 1.05. The monoisotopic (exact) mass is 298 g/mol. The predicted octanol–water partition coefficient (Wildman–Crippen LogP) is 2.36. The Morgan fingerprint density at radius 1 is 1.47 bits per heavy atom. The van der Waals surface area contributed by atoms with Crippen molar-refractivity contribution >= 4 is 21.8 Å². The smallest absolute Gasteiger partial charge is 0.237 e. The Balaban J connectivity index is 2.59. The minimum absolute atomic E-state index is 0.0951. The van der Waals surface area contributed by atoms with Crippen LogP contribution < -0.4 is 11.1 Å². The Labute approximate surface area is 111 Å². The van der Waals surface area contributed by atoms with Crippen molar-refractivity contribution in [3.8, 4) is 0 Å². The standard InChI is InChI=1S/C13H19BrN2O/c1-8(2)12(15)13(17)16-7-10-4-5-11(14)6-9(10)3/h4-6,8,12H,7,15H2,1-3H3,(H,16,17)/t12-/m0/s1. The number of nitrogens with one attached hydrogen (secondary N) is 1. The number of halogens is 1. The average Bonchev–Trinajstić information content (AvgIpc) is 2.26. The lowest BCUT2D eigenvalue weighted by molar-refractivity contribution is -0.123. The molecule has 0 aliphatic rings. The van der Waals surface area contributed by atoms with E-state index in [1.54, 1.807) is 0 Å². The van der Waals surface area contributed by atoms with Crippen LogP contribution in [-0.2, 0) is 11.3 Å². The molecule has 0 aliphatic carbocycles. The summed E-state index contributed by atoms with van der Waals surface area (Å²) in [5.74, 6) is 0.0586. The molecule has 0 bridgehead atoms. The minimum atomic E-state index is -0.439. The quantitative estimate of drug-likeness (QED) is 0.896. The van der Waals surface area contributed by atoms with E-state index in [1.165, 1.54) is 0 Å². The van der Waals surface area contributed by atoms with Crippen LogP contribution in [-0.4, -0.2) is 11.9 Å². The highest BCUT2D eigenvalue weighted by Crippen LogP contribution is 2.15. The molecule has 17 heavy (non-hydrogen) atoms. The van der Waals surface area contributed by atoms with E-state index in [0.717, 1.165) is 15.6 Å². The molecule has 0 spiro atoms. The molecule has 0 heterocycles. The van der Waals surface area contributed by atoms with Crippen molar-refractivity contribution < 1.29 is 4.79 Å². The Hall–Kier alpha value is -0.870. The first-order chi connectivity index (χ1) is 7.91. The molecule has 3 N–H and O–H groups in total. The zero-order valence-electron chi connectivity index (χ0n) is 10.5. The third kappa shape index (κ3) is 4.13. The molecule has 1 aromatic rings. The number of amides is 1. The second kappa shape index (κ2) is 6.17. The Morgan fingerprint density at radius 2 is 2.12 bits per heavy atom. The molecule has 1 atom stereocenters. The lowest BCUT2D eigenvalue weighted by Crippen LogP contribution is -2.43. The lowest BCUT2D eigenvalue weighted by atomic mass is 10.0. The number of nitrogens with two attached hydrogens (primary N) is 1. The van der Waals surface area contributed by atoms with Crippen molar-refractivity contribution in [2.24, 2.45) is 11.7 Å².